The largest absolute Gasteiger partial charge is 0.291 e. The number of benzene rings is 3. The van der Waals surface area contributed by atoms with Crippen molar-refractivity contribution >= 4 is 62.1 Å². The Hall–Kier alpha value is -3.02. The van der Waals surface area contributed by atoms with E-state index >= 15 is 0 Å². The number of aromatic nitrogens is 1. The number of hydrogen-bond acceptors (Lipinski definition) is 4. The maximum Gasteiger partial charge on any atom is 0.291 e. The smallest absolute Gasteiger partial charge is 0.288 e. The fourth-order valence-corrected chi connectivity index (χ4v) is 4.89. The minimum Gasteiger partial charge on any atom is -0.288 e. The molecule has 5 heteroatoms. The van der Waals surface area contributed by atoms with Crippen LogP contribution in [0.4, 0.5) is 4.79 Å². The van der Waals surface area contributed by atoms with Gasteiger partial charge in [-0.05, 0) is 48.0 Å². The SMILES string of the molecule is Cc1ccc(CN2C(=O)SC(=Cc3c4ccccc4nc4ccccc34)C2=S)cc1. The van der Waals surface area contributed by atoms with Crippen molar-refractivity contribution in [2.45, 2.75) is 13.5 Å². The molecule has 0 saturated carbocycles. The molecule has 0 radical (unpaired) electrons. The lowest BCUT2D eigenvalue weighted by molar-refractivity contribution is 0.244. The molecule has 1 aliphatic rings. The monoisotopic (exact) mass is 426 g/mol. The van der Waals surface area contributed by atoms with Crippen LogP contribution in [0.5, 0.6) is 0 Å². The van der Waals surface area contributed by atoms with Gasteiger partial charge in [0.2, 0.25) is 0 Å². The third kappa shape index (κ3) is 3.40. The van der Waals surface area contributed by atoms with Crippen molar-refractivity contribution < 1.29 is 4.79 Å². The first kappa shape index (κ1) is 19.0. The molecular formula is C25H18N2OS2. The second-order valence-electron chi connectivity index (χ2n) is 7.31. The summed E-state index contributed by atoms with van der Waals surface area (Å²) in [6.07, 6.45) is 2.05. The molecule has 0 unspecified atom stereocenters. The Morgan fingerprint density at radius 3 is 2.17 bits per heavy atom. The predicted octanol–water partition coefficient (Wildman–Crippen LogP) is 6.73. The number of thioether (sulfide) groups is 1. The number of aryl methyl sites for hydroxylation is 1. The van der Waals surface area contributed by atoms with Gasteiger partial charge in [0.15, 0.2) is 0 Å². The Morgan fingerprint density at radius 1 is 0.933 bits per heavy atom. The van der Waals surface area contributed by atoms with Crippen LogP contribution in [0.1, 0.15) is 16.7 Å². The van der Waals surface area contributed by atoms with E-state index in [4.69, 9.17) is 17.2 Å². The summed E-state index contributed by atoms with van der Waals surface area (Å²) in [5.41, 5.74) is 5.17. The van der Waals surface area contributed by atoms with Crippen molar-refractivity contribution in [1.82, 2.24) is 9.88 Å². The van der Waals surface area contributed by atoms with Gasteiger partial charge in [-0.3, -0.25) is 9.69 Å². The molecule has 0 bridgehead atoms. The molecule has 0 aliphatic carbocycles. The number of rotatable bonds is 3. The molecule has 1 amide bonds. The molecule has 5 rings (SSSR count). The van der Waals surface area contributed by atoms with Crippen LogP contribution in [0.3, 0.4) is 0 Å². The van der Waals surface area contributed by atoms with Crippen LogP contribution in [0, 0.1) is 6.92 Å². The summed E-state index contributed by atoms with van der Waals surface area (Å²) in [4.78, 5) is 20.6. The van der Waals surface area contributed by atoms with Crippen molar-refractivity contribution in [1.29, 1.82) is 0 Å². The highest BCUT2D eigenvalue weighted by atomic mass is 32.2. The Labute approximate surface area is 184 Å². The van der Waals surface area contributed by atoms with Crippen LogP contribution >= 0.6 is 24.0 Å². The third-order valence-corrected chi connectivity index (χ3v) is 6.74. The molecule has 0 spiro atoms. The molecule has 1 saturated heterocycles. The zero-order chi connectivity index (χ0) is 20.7. The van der Waals surface area contributed by atoms with Gasteiger partial charge in [-0.25, -0.2) is 4.98 Å². The van der Waals surface area contributed by atoms with Gasteiger partial charge in [-0.15, -0.1) is 0 Å². The van der Waals surface area contributed by atoms with Gasteiger partial charge in [0.05, 0.1) is 22.5 Å². The van der Waals surface area contributed by atoms with Crippen molar-refractivity contribution in [2.24, 2.45) is 0 Å². The molecule has 2 heterocycles. The van der Waals surface area contributed by atoms with E-state index in [9.17, 15) is 4.79 Å². The fourth-order valence-electron chi connectivity index (χ4n) is 3.67. The van der Waals surface area contributed by atoms with Crippen LogP contribution in [0.15, 0.2) is 77.7 Å². The summed E-state index contributed by atoms with van der Waals surface area (Å²) in [5.74, 6) is 0. The molecule has 0 atom stereocenters. The first-order valence-corrected chi connectivity index (χ1v) is 10.9. The lowest BCUT2D eigenvalue weighted by Gasteiger charge is -2.15. The van der Waals surface area contributed by atoms with Gasteiger partial charge in [-0.1, -0.05) is 78.4 Å². The molecule has 1 fully saturated rings. The zero-order valence-corrected chi connectivity index (χ0v) is 18.0. The van der Waals surface area contributed by atoms with E-state index in [1.165, 1.54) is 17.3 Å². The van der Waals surface area contributed by atoms with Crippen LogP contribution in [-0.4, -0.2) is 20.1 Å². The van der Waals surface area contributed by atoms with Gasteiger partial charge in [0, 0.05) is 10.8 Å². The van der Waals surface area contributed by atoms with E-state index < -0.39 is 0 Å². The Bertz CT molecular complexity index is 1290. The van der Waals surface area contributed by atoms with E-state index in [1.54, 1.807) is 4.90 Å². The minimum absolute atomic E-state index is 0.0329. The summed E-state index contributed by atoms with van der Waals surface area (Å²) in [7, 11) is 0. The molecule has 4 aromatic rings. The van der Waals surface area contributed by atoms with Crippen molar-refractivity contribution in [3.63, 3.8) is 0 Å². The molecular weight excluding hydrogens is 408 g/mol. The number of thiocarbonyl (C=S) groups is 1. The summed E-state index contributed by atoms with van der Waals surface area (Å²) in [6.45, 7) is 2.54. The fraction of sp³-hybridized carbons (Fsp3) is 0.0800. The second kappa shape index (κ2) is 7.67. The normalized spacial score (nSPS) is 15.6. The number of fused-ring (bicyclic) bond motifs is 2. The zero-order valence-electron chi connectivity index (χ0n) is 16.3. The summed E-state index contributed by atoms with van der Waals surface area (Å²) in [6, 6.07) is 24.3. The number of carbonyl (C=O) groups is 1. The summed E-state index contributed by atoms with van der Waals surface area (Å²) < 4.78 is 0. The molecule has 146 valence electrons. The van der Waals surface area contributed by atoms with E-state index in [-0.39, 0.29) is 5.24 Å². The minimum atomic E-state index is -0.0329. The number of para-hydroxylation sites is 2. The first-order valence-electron chi connectivity index (χ1n) is 9.68. The summed E-state index contributed by atoms with van der Waals surface area (Å²) in [5, 5.41) is 2.07. The van der Waals surface area contributed by atoms with Gasteiger partial charge < -0.3 is 0 Å². The molecule has 1 aromatic heterocycles. The molecule has 3 nitrogen and oxygen atoms in total. The van der Waals surface area contributed by atoms with Crippen molar-refractivity contribution in [2.75, 3.05) is 0 Å². The van der Waals surface area contributed by atoms with E-state index in [2.05, 4.69) is 31.2 Å². The number of nitrogens with zero attached hydrogens (tertiary/aromatic N) is 2. The number of amides is 1. The third-order valence-electron chi connectivity index (χ3n) is 5.24. The van der Waals surface area contributed by atoms with Gasteiger partial charge in [0.25, 0.3) is 5.24 Å². The molecule has 3 aromatic carbocycles. The molecule has 30 heavy (non-hydrogen) atoms. The number of hydrogen-bond donors (Lipinski definition) is 0. The van der Waals surface area contributed by atoms with E-state index in [0.29, 0.717) is 11.5 Å². The summed E-state index contributed by atoms with van der Waals surface area (Å²) >= 11 is 6.91. The number of carbonyl (C=O) groups excluding carboxylic acids is 1. The van der Waals surface area contributed by atoms with Gasteiger partial charge in [0.1, 0.15) is 4.99 Å². The topological polar surface area (TPSA) is 33.2 Å². The highest BCUT2D eigenvalue weighted by molar-refractivity contribution is 8.19. The number of pyridine rings is 1. The van der Waals surface area contributed by atoms with Crippen LogP contribution in [0.25, 0.3) is 27.9 Å². The Morgan fingerprint density at radius 2 is 1.53 bits per heavy atom. The lowest BCUT2D eigenvalue weighted by atomic mass is 10.0. The average Bonchev–Trinajstić information content (AvgIpc) is 3.02. The predicted molar refractivity (Wildman–Crippen MR) is 130 cm³/mol. The van der Waals surface area contributed by atoms with E-state index in [0.717, 1.165) is 37.8 Å². The van der Waals surface area contributed by atoms with E-state index in [1.807, 2.05) is 54.6 Å². The Kier molecular flexibility index (Phi) is 4.85. The van der Waals surface area contributed by atoms with Crippen molar-refractivity contribution in [3.05, 3.63) is 94.4 Å². The highest BCUT2D eigenvalue weighted by Gasteiger charge is 2.32. The van der Waals surface area contributed by atoms with Gasteiger partial charge in [-0.2, -0.15) is 0 Å². The van der Waals surface area contributed by atoms with Gasteiger partial charge >= 0.3 is 0 Å². The van der Waals surface area contributed by atoms with Crippen LogP contribution in [0.2, 0.25) is 0 Å². The molecule has 1 aliphatic heterocycles. The highest BCUT2D eigenvalue weighted by Crippen LogP contribution is 2.37. The quantitative estimate of drug-likeness (QED) is 0.206. The second-order valence-corrected chi connectivity index (χ2v) is 8.69. The van der Waals surface area contributed by atoms with Crippen LogP contribution in [-0.2, 0) is 6.54 Å². The van der Waals surface area contributed by atoms with Crippen LogP contribution < -0.4 is 0 Å². The first-order chi connectivity index (χ1) is 14.6. The Balaban J connectivity index is 1.58. The lowest BCUT2D eigenvalue weighted by Crippen LogP contribution is -2.26. The standard InChI is InChI=1S/C25H18N2OS2/c1-16-10-12-17(13-11-16)15-27-24(29)23(30-25(27)28)14-20-18-6-2-4-8-21(18)26-22-9-5-3-7-19(20)22/h2-14H,15H2,1H3. The average molecular weight is 427 g/mol. The molecule has 0 N–H and O–H groups in total. The maximum atomic E-state index is 12.7. The van der Waals surface area contributed by atoms with Crippen molar-refractivity contribution in [3.8, 4) is 0 Å². The maximum absolute atomic E-state index is 12.7.